The number of benzene rings is 1. The number of nitrogens with one attached hydrogen (secondary N) is 3. The predicted molar refractivity (Wildman–Crippen MR) is 89.9 cm³/mol. The Hall–Kier alpha value is -2.11. The van der Waals surface area contributed by atoms with Gasteiger partial charge in [0.25, 0.3) is 0 Å². The highest BCUT2D eigenvalue weighted by atomic mass is 19.1. The zero-order valence-corrected chi connectivity index (χ0v) is 14.1. The fourth-order valence-electron chi connectivity index (χ4n) is 2.47. The molecule has 1 aromatic carbocycles. The third-order valence-electron chi connectivity index (χ3n) is 3.57. The number of amides is 1. The second kappa shape index (κ2) is 6.98. The van der Waals surface area contributed by atoms with Crippen LogP contribution in [0.1, 0.15) is 38.7 Å². The first-order valence-corrected chi connectivity index (χ1v) is 7.83. The lowest BCUT2D eigenvalue weighted by atomic mass is 10.1. The number of hydrogen-bond donors (Lipinski definition) is 3. The number of nitrogens with zero attached hydrogens (tertiary/aromatic N) is 1. The highest BCUT2D eigenvalue weighted by molar-refractivity contribution is 5.87. The minimum Gasteiger partial charge on any atom is -0.353 e. The number of halogens is 1. The van der Waals surface area contributed by atoms with E-state index >= 15 is 0 Å². The zero-order valence-electron chi connectivity index (χ0n) is 14.1. The van der Waals surface area contributed by atoms with E-state index in [2.05, 4.69) is 20.9 Å². The van der Waals surface area contributed by atoms with E-state index in [1.165, 1.54) is 6.07 Å². The number of carbonyl (C=O) groups excluding carboxylic acids is 1. The van der Waals surface area contributed by atoms with Crippen molar-refractivity contribution in [3.63, 3.8) is 0 Å². The highest BCUT2D eigenvalue weighted by Gasteiger charge is 2.40. The maximum atomic E-state index is 13.8. The molecule has 126 valence electrons. The average Bonchev–Trinajstić information content (AvgIpc) is 3.21. The summed E-state index contributed by atoms with van der Waals surface area (Å²) in [4.78, 5) is 15.9. The van der Waals surface area contributed by atoms with Gasteiger partial charge >= 0.3 is 0 Å². The van der Waals surface area contributed by atoms with Gasteiger partial charge in [-0.2, -0.15) is 0 Å². The van der Waals surface area contributed by atoms with Crippen molar-refractivity contribution in [2.75, 3.05) is 13.6 Å². The quantitative estimate of drug-likeness (QED) is 0.585. The molecule has 2 atom stereocenters. The summed E-state index contributed by atoms with van der Waals surface area (Å²) in [5.41, 5.74) is 0.466. The average molecular weight is 320 g/mol. The van der Waals surface area contributed by atoms with Gasteiger partial charge in [-0.25, -0.2) is 4.39 Å². The second-order valence-corrected chi connectivity index (χ2v) is 6.84. The maximum absolute atomic E-state index is 13.8. The molecule has 1 aliphatic carbocycles. The highest BCUT2D eigenvalue weighted by Crippen LogP contribution is 2.41. The topological polar surface area (TPSA) is 65.5 Å². The first-order chi connectivity index (χ1) is 10.8. The third kappa shape index (κ3) is 5.23. The van der Waals surface area contributed by atoms with Gasteiger partial charge in [0.15, 0.2) is 5.96 Å². The van der Waals surface area contributed by atoms with Crippen LogP contribution in [0.15, 0.2) is 29.3 Å². The van der Waals surface area contributed by atoms with E-state index in [0.29, 0.717) is 5.96 Å². The summed E-state index contributed by atoms with van der Waals surface area (Å²) in [5.74, 6) is 0.437. The van der Waals surface area contributed by atoms with Crippen LogP contribution in [0.2, 0.25) is 0 Å². The molecular formula is C17H25FN4O. The Labute approximate surface area is 136 Å². The van der Waals surface area contributed by atoms with Crippen LogP contribution < -0.4 is 16.0 Å². The number of aliphatic imine (C=N–C) groups is 1. The Bertz CT molecular complexity index is 595. The molecule has 0 radical (unpaired) electrons. The molecule has 2 rings (SSSR count). The minimum absolute atomic E-state index is 0.0955. The number of carbonyl (C=O) groups is 1. The van der Waals surface area contributed by atoms with Gasteiger partial charge in [0.2, 0.25) is 5.91 Å². The van der Waals surface area contributed by atoms with Crippen LogP contribution in [0, 0.1) is 5.82 Å². The van der Waals surface area contributed by atoms with E-state index in [4.69, 9.17) is 0 Å². The third-order valence-corrected chi connectivity index (χ3v) is 3.57. The van der Waals surface area contributed by atoms with Crippen LogP contribution >= 0.6 is 0 Å². The maximum Gasteiger partial charge on any atom is 0.239 e. The summed E-state index contributed by atoms with van der Waals surface area (Å²) >= 11 is 0. The van der Waals surface area contributed by atoms with Crippen LogP contribution in [0.5, 0.6) is 0 Å². The molecule has 0 saturated heterocycles. The molecule has 1 amide bonds. The molecule has 1 aliphatic rings. The molecule has 1 fully saturated rings. The van der Waals surface area contributed by atoms with Crippen molar-refractivity contribution in [2.45, 2.75) is 44.7 Å². The lowest BCUT2D eigenvalue weighted by Crippen LogP contribution is -2.48. The summed E-state index contributed by atoms with van der Waals surface area (Å²) in [5, 5.41) is 9.09. The summed E-state index contributed by atoms with van der Waals surface area (Å²) in [6.07, 6.45) is 0.857. The molecule has 0 aromatic heterocycles. The molecule has 6 heteroatoms. The van der Waals surface area contributed by atoms with Crippen molar-refractivity contribution in [3.05, 3.63) is 35.6 Å². The van der Waals surface area contributed by atoms with Crippen molar-refractivity contribution in [3.8, 4) is 0 Å². The van der Waals surface area contributed by atoms with Crippen LogP contribution in [0.4, 0.5) is 4.39 Å². The van der Waals surface area contributed by atoms with E-state index in [0.717, 1.165) is 12.0 Å². The van der Waals surface area contributed by atoms with Crippen molar-refractivity contribution < 1.29 is 9.18 Å². The molecule has 3 N–H and O–H groups in total. The lowest BCUT2D eigenvalue weighted by molar-refractivity contribution is -0.121. The van der Waals surface area contributed by atoms with Gasteiger partial charge in [-0.15, -0.1) is 0 Å². The standard InChI is InChI=1S/C17H25FN4O/c1-17(2,3)22-15(23)10-20-16(19-4)21-14-9-12(14)11-7-5-6-8-13(11)18/h5-8,12,14H,9-10H2,1-4H3,(H,22,23)(H2,19,20,21). The molecule has 1 saturated carbocycles. The lowest BCUT2D eigenvalue weighted by Gasteiger charge is -2.21. The largest absolute Gasteiger partial charge is 0.353 e. The van der Waals surface area contributed by atoms with Gasteiger partial charge < -0.3 is 16.0 Å². The molecule has 0 heterocycles. The molecule has 23 heavy (non-hydrogen) atoms. The summed E-state index contributed by atoms with van der Waals surface area (Å²) in [6, 6.07) is 6.97. The first-order valence-electron chi connectivity index (χ1n) is 7.83. The Morgan fingerprint density at radius 1 is 1.35 bits per heavy atom. The molecule has 5 nitrogen and oxygen atoms in total. The Morgan fingerprint density at radius 3 is 2.65 bits per heavy atom. The van der Waals surface area contributed by atoms with Crippen molar-refractivity contribution in [1.29, 1.82) is 0 Å². The van der Waals surface area contributed by atoms with Crippen molar-refractivity contribution in [1.82, 2.24) is 16.0 Å². The van der Waals surface area contributed by atoms with E-state index in [1.807, 2.05) is 32.9 Å². The van der Waals surface area contributed by atoms with Gasteiger partial charge in [-0.05, 0) is 38.8 Å². The number of guanidine groups is 1. The summed E-state index contributed by atoms with van der Waals surface area (Å²) < 4.78 is 13.8. The van der Waals surface area contributed by atoms with Crippen molar-refractivity contribution in [2.24, 2.45) is 4.99 Å². The molecule has 1 aromatic rings. The Kier molecular flexibility index (Phi) is 5.23. The minimum atomic E-state index is -0.262. The number of rotatable bonds is 4. The van der Waals surface area contributed by atoms with E-state index < -0.39 is 0 Å². The molecule has 2 unspecified atom stereocenters. The Morgan fingerprint density at radius 2 is 2.04 bits per heavy atom. The normalized spacial score (nSPS) is 20.8. The second-order valence-electron chi connectivity index (χ2n) is 6.84. The predicted octanol–water partition coefficient (Wildman–Crippen LogP) is 1.76. The van der Waals surface area contributed by atoms with Gasteiger partial charge in [-0.3, -0.25) is 9.79 Å². The van der Waals surface area contributed by atoms with Crippen LogP contribution in [-0.2, 0) is 4.79 Å². The van der Waals surface area contributed by atoms with Gasteiger partial charge in [-0.1, -0.05) is 18.2 Å². The van der Waals surface area contributed by atoms with E-state index in [9.17, 15) is 9.18 Å². The first kappa shape index (κ1) is 17.2. The summed E-state index contributed by atoms with van der Waals surface area (Å²) in [7, 11) is 1.65. The monoisotopic (exact) mass is 320 g/mol. The molecule has 0 spiro atoms. The van der Waals surface area contributed by atoms with Crippen LogP contribution in [0.25, 0.3) is 0 Å². The van der Waals surface area contributed by atoms with Gasteiger partial charge in [0, 0.05) is 24.5 Å². The molecule has 0 bridgehead atoms. The molecule has 0 aliphatic heterocycles. The van der Waals surface area contributed by atoms with Gasteiger partial charge in [0.05, 0.1) is 6.54 Å². The SMILES string of the molecule is CN=C(NCC(=O)NC(C)(C)C)NC1CC1c1ccccc1F. The zero-order chi connectivity index (χ0) is 17.0. The smallest absolute Gasteiger partial charge is 0.239 e. The fourth-order valence-corrected chi connectivity index (χ4v) is 2.47. The van der Waals surface area contributed by atoms with E-state index in [1.54, 1.807) is 13.1 Å². The Balaban J connectivity index is 1.81. The van der Waals surface area contributed by atoms with Gasteiger partial charge in [0.1, 0.15) is 5.82 Å². The molecular weight excluding hydrogens is 295 g/mol. The summed E-state index contributed by atoms with van der Waals surface area (Å²) in [6.45, 7) is 5.94. The van der Waals surface area contributed by atoms with Crippen LogP contribution in [-0.4, -0.2) is 37.0 Å². The number of hydrogen-bond acceptors (Lipinski definition) is 2. The van der Waals surface area contributed by atoms with Crippen molar-refractivity contribution >= 4 is 11.9 Å². The fraction of sp³-hybridized carbons (Fsp3) is 0.529. The van der Waals surface area contributed by atoms with E-state index in [-0.39, 0.29) is 35.8 Å². The van der Waals surface area contributed by atoms with Crippen LogP contribution in [0.3, 0.4) is 0 Å².